The predicted octanol–water partition coefficient (Wildman–Crippen LogP) is -1.51. The highest BCUT2D eigenvalue weighted by atomic mass is 31.2. The first-order chi connectivity index (χ1) is 4.19. The van der Waals surface area contributed by atoms with E-state index in [1.54, 1.807) is 0 Å². The highest BCUT2D eigenvalue weighted by Gasteiger charge is 2.62. The second-order valence-electron chi connectivity index (χ2n) is 1.42. The summed E-state index contributed by atoms with van der Waals surface area (Å²) in [4.78, 5) is 23.9. The van der Waals surface area contributed by atoms with Gasteiger partial charge < -0.3 is 20.0 Å². The van der Waals surface area contributed by atoms with Crippen LogP contribution in [-0.2, 0) is 9.13 Å². The molecule has 0 aromatic heterocycles. The Bertz CT molecular complexity index is 188. The van der Waals surface area contributed by atoms with Gasteiger partial charge in [-0.3, -0.25) is 0 Å². The van der Waals surface area contributed by atoms with E-state index >= 15 is 0 Å². The summed E-state index contributed by atoms with van der Waals surface area (Å²) in [6.07, 6.45) is 0. The van der Waals surface area contributed by atoms with Gasteiger partial charge in [-0.15, -0.1) is 0 Å². The fourth-order valence-electron chi connectivity index (χ4n) is 0.111. The third kappa shape index (κ3) is 1.81. The third-order valence-corrected chi connectivity index (χ3v) is 3.24. The molecular weight excluding hydrogens is 186 g/mol. The van der Waals surface area contributed by atoms with Crippen molar-refractivity contribution in [1.29, 1.82) is 0 Å². The Morgan fingerprint density at radius 2 is 1.60 bits per heavy atom. The molecule has 0 aromatic carbocycles. The monoisotopic (exact) mass is 191 g/mol. The zero-order chi connectivity index (χ0) is 8.58. The average Bonchev–Trinajstić information content (AvgIpc) is 1.62. The summed E-state index contributed by atoms with van der Waals surface area (Å²) >= 11 is 0. The molecule has 0 fully saturated rings. The molecule has 0 aliphatic carbocycles. The van der Waals surface area contributed by atoms with Crippen LogP contribution in [0.25, 0.3) is 0 Å². The van der Waals surface area contributed by atoms with Gasteiger partial charge in [-0.25, -0.2) is 4.57 Å². The van der Waals surface area contributed by atoms with Crippen molar-refractivity contribution in [2.24, 2.45) is 0 Å². The molecule has 0 aliphatic heterocycles. The molecule has 0 radical (unpaired) electrons. The highest BCUT2D eigenvalue weighted by Crippen LogP contribution is 2.57. The average molecular weight is 191 g/mol. The second kappa shape index (κ2) is 2.64. The molecular formula is CH5O7P2+. The van der Waals surface area contributed by atoms with Crippen molar-refractivity contribution in [2.45, 2.75) is 5.27 Å². The Balaban J connectivity index is 4.75. The Morgan fingerprint density at radius 3 is 1.60 bits per heavy atom. The van der Waals surface area contributed by atoms with Crippen LogP contribution in [0.4, 0.5) is 0 Å². The van der Waals surface area contributed by atoms with Gasteiger partial charge in [0.2, 0.25) is 0 Å². The first-order valence-corrected chi connectivity index (χ1v) is 4.68. The minimum absolute atomic E-state index is 3.73. The molecule has 0 rings (SSSR count). The Labute approximate surface area is 56.0 Å². The van der Waals surface area contributed by atoms with E-state index in [1.165, 1.54) is 0 Å². The summed E-state index contributed by atoms with van der Waals surface area (Å²) in [6, 6.07) is 0. The SMILES string of the molecule is O=[P+](O)C(O)(O)P(=O)(O)O. The molecule has 9 heteroatoms. The molecule has 0 amide bonds. The first kappa shape index (κ1) is 10.1. The van der Waals surface area contributed by atoms with Gasteiger partial charge in [0.05, 0.1) is 0 Å². The molecule has 0 aromatic rings. The van der Waals surface area contributed by atoms with Gasteiger partial charge in [0.15, 0.2) is 0 Å². The molecule has 0 bridgehead atoms. The van der Waals surface area contributed by atoms with E-state index in [9.17, 15) is 9.13 Å². The van der Waals surface area contributed by atoms with Crippen LogP contribution in [0.5, 0.6) is 0 Å². The number of hydrogen-bond donors (Lipinski definition) is 5. The maximum Gasteiger partial charge on any atom is 0.587 e. The van der Waals surface area contributed by atoms with Crippen molar-refractivity contribution >= 4 is 15.6 Å². The van der Waals surface area contributed by atoms with E-state index in [1.807, 2.05) is 0 Å². The summed E-state index contributed by atoms with van der Waals surface area (Å²) in [5.41, 5.74) is 0. The fraction of sp³-hybridized carbons (Fsp3) is 1.00. The molecule has 1 atom stereocenters. The standard InChI is InChI=1S/CH4O7P2/c2-1(3,9(4)5)10(6,7)8/h2-3H,(H2-,4,5,6,7,8)/p+1. The van der Waals surface area contributed by atoms with E-state index in [-0.39, 0.29) is 0 Å². The predicted molar refractivity (Wildman–Crippen MR) is 29.0 cm³/mol. The molecule has 0 spiro atoms. The minimum Gasteiger partial charge on any atom is -0.317 e. The van der Waals surface area contributed by atoms with Crippen LogP contribution in [-0.4, -0.2) is 30.2 Å². The normalized spacial score (nSPS) is 15.1. The molecule has 0 aliphatic rings. The van der Waals surface area contributed by atoms with Crippen molar-refractivity contribution in [3.63, 3.8) is 0 Å². The van der Waals surface area contributed by atoms with E-state index < -0.39 is 20.9 Å². The van der Waals surface area contributed by atoms with Gasteiger partial charge >= 0.3 is 20.9 Å². The Morgan fingerprint density at radius 1 is 1.30 bits per heavy atom. The topological polar surface area (TPSA) is 135 Å². The van der Waals surface area contributed by atoms with Gasteiger partial charge in [-0.2, -0.15) is 4.89 Å². The van der Waals surface area contributed by atoms with E-state index in [0.717, 1.165) is 0 Å². The Hall–Kier alpha value is 0.130. The quantitative estimate of drug-likeness (QED) is 0.264. The van der Waals surface area contributed by atoms with Crippen LogP contribution in [0.3, 0.4) is 0 Å². The largest absolute Gasteiger partial charge is 0.587 e. The van der Waals surface area contributed by atoms with Crippen LogP contribution in [0.1, 0.15) is 0 Å². The lowest BCUT2D eigenvalue weighted by atomic mass is 11.5. The lowest BCUT2D eigenvalue weighted by molar-refractivity contribution is -0.0377. The van der Waals surface area contributed by atoms with Crippen molar-refractivity contribution in [1.82, 2.24) is 0 Å². The molecule has 7 nitrogen and oxygen atoms in total. The Kier molecular flexibility index (Phi) is 2.67. The van der Waals surface area contributed by atoms with Gasteiger partial charge in [0.25, 0.3) is 0 Å². The number of rotatable bonds is 2. The first-order valence-electron chi connectivity index (χ1n) is 1.86. The maximum absolute atomic E-state index is 9.95. The number of hydrogen-bond acceptors (Lipinski definition) is 4. The molecule has 0 saturated carbocycles. The molecule has 1 unspecified atom stereocenters. The summed E-state index contributed by atoms with van der Waals surface area (Å²) in [5.74, 6) is 0. The summed E-state index contributed by atoms with van der Waals surface area (Å²) < 4.78 is 19.8. The van der Waals surface area contributed by atoms with Crippen LogP contribution < -0.4 is 0 Å². The van der Waals surface area contributed by atoms with E-state index in [0.29, 0.717) is 0 Å². The summed E-state index contributed by atoms with van der Waals surface area (Å²) in [6.45, 7) is 0. The zero-order valence-corrected chi connectivity index (χ0v) is 6.24. The molecule has 0 saturated heterocycles. The molecule has 60 valence electrons. The van der Waals surface area contributed by atoms with Crippen molar-refractivity contribution < 1.29 is 34.0 Å². The van der Waals surface area contributed by atoms with Gasteiger partial charge in [0, 0.05) is 0 Å². The van der Waals surface area contributed by atoms with Crippen LogP contribution >= 0.6 is 15.6 Å². The molecule has 5 N–H and O–H groups in total. The van der Waals surface area contributed by atoms with Gasteiger partial charge in [-0.05, 0) is 4.57 Å². The van der Waals surface area contributed by atoms with Crippen LogP contribution in [0.15, 0.2) is 0 Å². The van der Waals surface area contributed by atoms with Gasteiger partial charge in [0.1, 0.15) is 0 Å². The smallest absolute Gasteiger partial charge is 0.317 e. The van der Waals surface area contributed by atoms with E-state index in [2.05, 4.69) is 0 Å². The van der Waals surface area contributed by atoms with Crippen LogP contribution in [0, 0.1) is 0 Å². The number of aliphatic hydroxyl groups is 2. The third-order valence-electron chi connectivity index (χ3n) is 0.647. The lowest BCUT2D eigenvalue weighted by Crippen LogP contribution is -2.22. The summed E-state index contributed by atoms with van der Waals surface area (Å²) in [7, 11) is -9.08. The highest BCUT2D eigenvalue weighted by molar-refractivity contribution is 7.66. The van der Waals surface area contributed by atoms with Crippen molar-refractivity contribution in [3.8, 4) is 0 Å². The lowest BCUT2D eigenvalue weighted by Gasteiger charge is -2.07. The minimum atomic E-state index is -5.35. The van der Waals surface area contributed by atoms with E-state index in [4.69, 9.17) is 24.9 Å². The van der Waals surface area contributed by atoms with Crippen molar-refractivity contribution in [2.75, 3.05) is 0 Å². The second-order valence-corrected chi connectivity index (χ2v) is 4.65. The fourth-order valence-corrected chi connectivity index (χ4v) is 1.00. The summed E-state index contributed by atoms with van der Waals surface area (Å²) in [5, 5.41) is 12.5. The molecule has 10 heavy (non-hydrogen) atoms. The van der Waals surface area contributed by atoms with Gasteiger partial charge in [-0.1, -0.05) is 0 Å². The zero-order valence-electron chi connectivity index (χ0n) is 4.45. The van der Waals surface area contributed by atoms with Crippen LogP contribution in [0.2, 0.25) is 0 Å². The maximum atomic E-state index is 9.95. The van der Waals surface area contributed by atoms with Crippen molar-refractivity contribution in [3.05, 3.63) is 0 Å². The molecule has 0 heterocycles.